The standard InChI is InChI=1S/C21H22N4O3/c1-3-13-25-21(27)18-8-6-5-7-17(18)19(24-25)20(26)23-22-14-15-9-11-16(12-10-15)28-4-2/h5-12,14H,3-4,13H2,1-2H3,(H,23,26)/b22-14-. The summed E-state index contributed by atoms with van der Waals surface area (Å²) in [5.41, 5.74) is 3.28. The van der Waals surface area contributed by atoms with Crippen molar-refractivity contribution in [1.82, 2.24) is 15.2 Å². The number of nitrogens with zero attached hydrogens (tertiary/aromatic N) is 3. The zero-order chi connectivity index (χ0) is 19.9. The Morgan fingerprint density at radius 2 is 1.86 bits per heavy atom. The van der Waals surface area contributed by atoms with E-state index in [1.165, 1.54) is 10.9 Å². The van der Waals surface area contributed by atoms with Crippen LogP contribution in [-0.4, -0.2) is 28.5 Å². The van der Waals surface area contributed by atoms with Crippen molar-refractivity contribution in [2.45, 2.75) is 26.8 Å². The smallest absolute Gasteiger partial charge is 0.292 e. The highest BCUT2D eigenvalue weighted by Crippen LogP contribution is 2.13. The molecule has 0 aliphatic rings. The van der Waals surface area contributed by atoms with Gasteiger partial charge in [0.2, 0.25) is 0 Å². The number of rotatable bonds is 7. The number of aryl methyl sites for hydroxylation is 1. The number of ether oxygens (including phenoxy) is 1. The molecule has 2 aromatic carbocycles. The first-order valence-corrected chi connectivity index (χ1v) is 9.20. The second-order valence-corrected chi connectivity index (χ2v) is 6.12. The van der Waals surface area contributed by atoms with Crippen LogP contribution < -0.4 is 15.7 Å². The average molecular weight is 378 g/mol. The third kappa shape index (κ3) is 4.25. The molecule has 0 spiro atoms. The Hall–Kier alpha value is -3.48. The normalized spacial score (nSPS) is 11.1. The van der Waals surface area contributed by atoms with E-state index in [1.807, 2.05) is 38.1 Å². The fourth-order valence-electron chi connectivity index (χ4n) is 2.80. The van der Waals surface area contributed by atoms with Crippen molar-refractivity contribution in [2.24, 2.45) is 5.10 Å². The minimum absolute atomic E-state index is 0.174. The molecule has 0 saturated heterocycles. The minimum atomic E-state index is -0.469. The monoisotopic (exact) mass is 378 g/mol. The van der Waals surface area contributed by atoms with Gasteiger partial charge in [-0.1, -0.05) is 25.1 Å². The molecule has 1 N–H and O–H groups in total. The lowest BCUT2D eigenvalue weighted by atomic mass is 10.1. The number of amides is 1. The second-order valence-electron chi connectivity index (χ2n) is 6.12. The molecule has 1 aromatic heterocycles. The van der Waals surface area contributed by atoms with Gasteiger partial charge in [0.05, 0.1) is 18.2 Å². The summed E-state index contributed by atoms with van der Waals surface area (Å²) in [6.45, 7) is 4.92. The average Bonchev–Trinajstić information content (AvgIpc) is 2.71. The molecule has 1 heterocycles. The molecule has 0 saturated carbocycles. The van der Waals surface area contributed by atoms with E-state index in [0.29, 0.717) is 23.9 Å². The van der Waals surface area contributed by atoms with Gasteiger partial charge in [0.1, 0.15) is 5.75 Å². The minimum Gasteiger partial charge on any atom is -0.494 e. The molecule has 3 aromatic rings. The van der Waals surface area contributed by atoms with Crippen LogP contribution in [0.3, 0.4) is 0 Å². The molecule has 3 rings (SSSR count). The van der Waals surface area contributed by atoms with Gasteiger partial charge in [-0.25, -0.2) is 10.1 Å². The summed E-state index contributed by atoms with van der Waals surface area (Å²) in [5, 5.41) is 9.23. The van der Waals surface area contributed by atoms with Gasteiger partial charge in [0, 0.05) is 11.9 Å². The first-order chi connectivity index (χ1) is 13.6. The van der Waals surface area contributed by atoms with E-state index in [4.69, 9.17) is 4.74 Å². The Balaban J connectivity index is 1.83. The van der Waals surface area contributed by atoms with Gasteiger partial charge in [0.15, 0.2) is 5.69 Å². The molecule has 7 nitrogen and oxygen atoms in total. The van der Waals surface area contributed by atoms with Crippen molar-refractivity contribution in [2.75, 3.05) is 6.61 Å². The Bertz CT molecular complexity index is 1060. The summed E-state index contributed by atoms with van der Waals surface area (Å²) < 4.78 is 6.72. The molecular weight excluding hydrogens is 356 g/mol. The molecule has 0 unspecified atom stereocenters. The van der Waals surface area contributed by atoms with Gasteiger partial charge in [-0.15, -0.1) is 0 Å². The number of benzene rings is 2. The van der Waals surface area contributed by atoms with Gasteiger partial charge in [-0.2, -0.15) is 10.2 Å². The predicted molar refractivity (Wildman–Crippen MR) is 109 cm³/mol. The van der Waals surface area contributed by atoms with Crippen LogP contribution >= 0.6 is 0 Å². The van der Waals surface area contributed by atoms with E-state index in [2.05, 4.69) is 15.6 Å². The first-order valence-electron chi connectivity index (χ1n) is 9.20. The van der Waals surface area contributed by atoms with Crippen LogP contribution in [0.15, 0.2) is 58.4 Å². The van der Waals surface area contributed by atoms with Gasteiger partial charge in [-0.05, 0) is 49.2 Å². The van der Waals surface area contributed by atoms with Crippen LogP contribution in [0.5, 0.6) is 5.75 Å². The molecule has 0 radical (unpaired) electrons. The predicted octanol–water partition coefficient (Wildman–Crippen LogP) is 2.97. The third-order valence-electron chi connectivity index (χ3n) is 4.09. The highest BCUT2D eigenvalue weighted by molar-refractivity contribution is 6.04. The fourth-order valence-corrected chi connectivity index (χ4v) is 2.80. The van der Waals surface area contributed by atoms with Crippen LogP contribution in [0, 0.1) is 0 Å². The van der Waals surface area contributed by atoms with Crippen LogP contribution in [0.4, 0.5) is 0 Å². The van der Waals surface area contributed by atoms with Crippen molar-refractivity contribution in [3.05, 3.63) is 70.1 Å². The summed E-state index contributed by atoms with van der Waals surface area (Å²) in [4.78, 5) is 25.1. The van der Waals surface area contributed by atoms with Crippen LogP contribution in [0.1, 0.15) is 36.3 Å². The van der Waals surface area contributed by atoms with Crippen molar-refractivity contribution < 1.29 is 9.53 Å². The highest BCUT2D eigenvalue weighted by Gasteiger charge is 2.15. The Kier molecular flexibility index (Phi) is 6.16. The zero-order valence-electron chi connectivity index (χ0n) is 15.9. The summed E-state index contributed by atoms with van der Waals surface area (Å²) in [5.74, 6) is 0.306. The number of hydrazone groups is 1. The van der Waals surface area contributed by atoms with E-state index in [0.717, 1.165) is 17.7 Å². The number of aromatic nitrogens is 2. The van der Waals surface area contributed by atoms with Gasteiger partial charge in [0.25, 0.3) is 11.5 Å². The quantitative estimate of drug-likeness (QED) is 0.506. The maximum Gasteiger partial charge on any atom is 0.292 e. The van der Waals surface area contributed by atoms with Gasteiger partial charge < -0.3 is 4.74 Å². The number of carbonyl (C=O) groups is 1. The number of carbonyl (C=O) groups excluding carboxylic acids is 1. The number of hydrogen-bond acceptors (Lipinski definition) is 5. The molecule has 144 valence electrons. The van der Waals surface area contributed by atoms with Crippen molar-refractivity contribution in [3.63, 3.8) is 0 Å². The Morgan fingerprint density at radius 3 is 2.54 bits per heavy atom. The highest BCUT2D eigenvalue weighted by atomic mass is 16.5. The van der Waals surface area contributed by atoms with E-state index in [9.17, 15) is 9.59 Å². The SMILES string of the molecule is CCCn1nc(C(=O)N/N=C\c2ccc(OCC)cc2)c2ccccc2c1=O. The Morgan fingerprint density at radius 1 is 1.14 bits per heavy atom. The van der Waals surface area contributed by atoms with Gasteiger partial charge in [-0.3, -0.25) is 9.59 Å². The molecule has 1 amide bonds. The Labute approximate surface area is 162 Å². The van der Waals surface area contributed by atoms with Gasteiger partial charge >= 0.3 is 0 Å². The lowest BCUT2D eigenvalue weighted by Crippen LogP contribution is -2.29. The topological polar surface area (TPSA) is 85.6 Å². The zero-order valence-corrected chi connectivity index (χ0v) is 15.9. The lowest BCUT2D eigenvalue weighted by Gasteiger charge is -2.09. The van der Waals surface area contributed by atoms with Crippen LogP contribution in [0.2, 0.25) is 0 Å². The summed E-state index contributed by atoms with van der Waals surface area (Å²) >= 11 is 0. The fraction of sp³-hybridized carbons (Fsp3) is 0.238. The number of fused-ring (bicyclic) bond motifs is 1. The molecular formula is C21H22N4O3. The molecule has 0 fully saturated rings. The molecule has 0 aliphatic carbocycles. The summed E-state index contributed by atoms with van der Waals surface area (Å²) in [7, 11) is 0. The molecule has 0 aliphatic heterocycles. The number of hydrogen-bond donors (Lipinski definition) is 1. The van der Waals surface area contributed by atoms with E-state index >= 15 is 0 Å². The molecule has 0 bridgehead atoms. The largest absolute Gasteiger partial charge is 0.494 e. The van der Waals surface area contributed by atoms with Crippen molar-refractivity contribution >= 4 is 22.9 Å². The van der Waals surface area contributed by atoms with Crippen LogP contribution in [-0.2, 0) is 6.54 Å². The molecule has 7 heteroatoms. The summed E-state index contributed by atoms with van der Waals surface area (Å²) in [6.07, 6.45) is 2.28. The summed E-state index contributed by atoms with van der Waals surface area (Å²) in [6, 6.07) is 14.3. The van der Waals surface area contributed by atoms with Crippen molar-refractivity contribution in [1.29, 1.82) is 0 Å². The van der Waals surface area contributed by atoms with E-state index in [-0.39, 0.29) is 11.3 Å². The van der Waals surface area contributed by atoms with Crippen molar-refractivity contribution in [3.8, 4) is 5.75 Å². The first kappa shape index (κ1) is 19.3. The van der Waals surface area contributed by atoms with E-state index < -0.39 is 5.91 Å². The van der Waals surface area contributed by atoms with E-state index in [1.54, 1.807) is 24.3 Å². The second kappa shape index (κ2) is 8.94. The molecule has 0 atom stereocenters. The van der Waals surface area contributed by atoms with Crippen LogP contribution in [0.25, 0.3) is 10.8 Å². The lowest BCUT2D eigenvalue weighted by molar-refractivity contribution is 0.0949. The maximum absolute atomic E-state index is 12.6. The third-order valence-corrected chi connectivity index (χ3v) is 4.09. The number of nitrogens with one attached hydrogen (secondary N) is 1. The molecule has 28 heavy (non-hydrogen) atoms. The maximum atomic E-state index is 12.6.